The maximum atomic E-state index is 9.46. The van der Waals surface area contributed by atoms with Crippen LogP contribution in [0.1, 0.15) is 16.7 Å². The number of hydrogen-bond acceptors (Lipinski definition) is 2. The third-order valence-corrected chi connectivity index (χ3v) is 3.40. The second kappa shape index (κ2) is 4.12. The summed E-state index contributed by atoms with van der Waals surface area (Å²) in [5, 5.41) is 22.3. The minimum Gasteiger partial charge on any atom is -0.192 e. The SMILES string of the molecule is Cc1ccc2c(C#N)c3ccccc3c(C#N)c2c1. The molecule has 0 spiro atoms. The highest BCUT2D eigenvalue weighted by molar-refractivity contribution is 6.09. The molecule has 0 saturated heterocycles. The molecule has 0 aliphatic carbocycles. The van der Waals surface area contributed by atoms with Crippen LogP contribution in [0.3, 0.4) is 0 Å². The Hall–Kier alpha value is -2.84. The van der Waals surface area contributed by atoms with Gasteiger partial charge >= 0.3 is 0 Å². The van der Waals surface area contributed by atoms with Gasteiger partial charge in [-0.25, -0.2) is 0 Å². The molecule has 19 heavy (non-hydrogen) atoms. The molecule has 0 saturated carbocycles. The van der Waals surface area contributed by atoms with Gasteiger partial charge in [0.1, 0.15) is 12.1 Å². The Morgan fingerprint density at radius 3 is 1.84 bits per heavy atom. The van der Waals surface area contributed by atoms with Gasteiger partial charge in [-0.1, -0.05) is 48.0 Å². The summed E-state index contributed by atoms with van der Waals surface area (Å²) in [6.07, 6.45) is 0. The van der Waals surface area contributed by atoms with Gasteiger partial charge in [0.05, 0.1) is 11.1 Å². The maximum Gasteiger partial charge on any atom is 0.100 e. The first-order valence-corrected chi connectivity index (χ1v) is 6.01. The third-order valence-electron chi connectivity index (χ3n) is 3.40. The van der Waals surface area contributed by atoms with Gasteiger partial charge in [-0.05, 0) is 6.92 Å². The third kappa shape index (κ3) is 1.55. The average Bonchev–Trinajstić information content (AvgIpc) is 2.44. The lowest BCUT2D eigenvalue weighted by Gasteiger charge is -2.09. The van der Waals surface area contributed by atoms with Crippen molar-refractivity contribution in [3.63, 3.8) is 0 Å². The average molecular weight is 242 g/mol. The van der Waals surface area contributed by atoms with Crippen LogP contribution >= 0.6 is 0 Å². The zero-order chi connectivity index (χ0) is 13.4. The second-order valence-corrected chi connectivity index (χ2v) is 4.57. The van der Waals surface area contributed by atoms with Gasteiger partial charge in [0.25, 0.3) is 0 Å². The molecule has 2 heteroatoms. The van der Waals surface area contributed by atoms with Crippen LogP contribution in [0, 0.1) is 29.6 Å². The van der Waals surface area contributed by atoms with Crippen molar-refractivity contribution in [2.75, 3.05) is 0 Å². The van der Waals surface area contributed by atoms with Crippen molar-refractivity contribution in [2.24, 2.45) is 0 Å². The summed E-state index contributed by atoms with van der Waals surface area (Å²) in [6.45, 7) is 1.99. The van der Waals surface area contributed by atoms with E-state index in [1.807, 2.05) is 49.4 Å². The van der Waals surface area contributed by atoms with Gasteiger partial charge < -0.3 is 0 Å². The molecule has 88 valence electrons. The normalized spacial score (nSPS) is 10.3. The lowest BCUT2D eigenvalue weighted by Crippen LogP contribution is -1.90. The molecular weight excluding hydrogens is 232 g/mol. The van der Waals surface area contributed by atoms with Crippen molar-refractivity contribution in [1.82, 2.24) is 0 Å². The molecule has 3 rings (SSSR count). The second-order valence-electron chi connectivity index (χ2n) is 4.57. The van der Waals surface area contributed by atoms with Gasteiger partial charge in [-0.15, -0.1) is 0 Å². The van der Waals surface area contributed by atoms with E-state index in [4.69, 9.17) is 0 Å². The van der Waals surface area contributed by atoms with Crippen LogP contribution in [-0.4, -0.2) is 0 Å². The van der Waals surface area contributed by atoms with E-state index in [2.05, 4.69) is 12.1 Å². The zero-order valence-corrected chi connectivity index (χ0v) is 10.4. The number of benzene rings is 3. The summed E-state index contributed by atoms with van der Waals surface area (Å²) in [5.41, 5.74) is 2.38. The van der Waals surface area contributed by atoms with Crippen LogP contribution in [0.15, 0.2) is 42.5 Å². The van der Waals surface area contributed by atoms with Crippen molar-refractivity contribution >= 4 is 21.5 Å². The van der Waals surface area contributed by atoms with Gasteiger partial charge in [-0.3, -0.25) is 0 Å². The number of hydrogen-bond donors (Lipinski definition) is 0. The zero-order valence-electron chi connectivity index (χ0n) is 10.4. The summed E-state index contributed by atoms with van der Waals surface area (Å²) in [4.78, 5) is 0. The van der Waals surface area contributed by atoms with Gasteiger partial charge in [0.15, 0.2) is 0 Å². The molecule has 0 bridgehead atoms. The molecule has 0 aromatic heterocycles. The fourth-order valence-electron chi connectivity index (χ4n) is 2.53. The molecule has 0 radical (unpaired) electrons. The molecule has 0 amide bonds. The fourth-order valence-corrected chi connectivity index (χ4v) is 2.53. The Kier molecular flexibility index (Phi) is 2.44. The smallest absolute Gasteiger partial charge is 0.100 e. The van der Waals surface area contributed by atoms with E-state index in [1.54, 1.807) is 0 Å². The summed E-state index contributed by atoms with van der Waals surface area (Å²) in [7, 11) is 0. The van der Waals surface area contributed by atoms with Crippen LogP contribution in [0.25, 0.3) is 21.5 Å². The number of nitrogens with zero attached hydrogens (tertiary/aromatic N) is 2. The monoisotopic (exact) mass is 242 g/mol. The lowest BCUT2D eigenvalue weighted by molar-refractivity contribution is 1.48. The Morgan fingerprint density at radius 1 is 0.737 bits per heavy atom. The standard InChI is InChI=1S/C17H10N2/c1-11-6-7-14-15(8-11)17(10-19)13-5-3-2-4-12(13)16(14)9-18/h2-8H,1H3. The van der Waals surface area contributed by atoms with Crippen LogP contribution < -0.4 is 0 Å². The molecule has 0 fully saturated rings. The van der Waals surface area contributed by atoms with E-state index >= 15 is 0 Å². The molecule has 3 aromatic carbocycles. The molecule has 0 atom stereocenters. The lowest BCUT2D eigenvalue weighted by atomic mass is 9.92. The van der Waals surface area contributed by atoms with Gasteiger partial charge in [-0.2, -0.15) is 10.5 Å². The van der Waals surface area contributed by atoms with Crippen molar-refractivity contribution in [3.05, 3.63) is 59.2 Å². The molecule has 0 aliphatic heterocycles. The number of aryl methyl sites for hydroxylation is 1. The topological polar surface area (TPSA) is 47.6 Å². The number of fused-ring (bicyclic) bond motifs is 2. The molecule has 0 heterocycles. The summed E-state index contributed by atoms with van der Waals surface area (Å²) in [5.74, 6) is 0. The minimum atomic E-state index is 0.643. The predicted octanol–water partition coefficient (Wildman–Crippen LogP) is 4.04. The molecular formula is C17H10N2. The summed E-state index contributed by atoms with van der Waals surface area (Å²) >= 11 is 0. The Bertz CT molecular complexity index is 893. The minimum absolute atomic E-state index is 0.643. The van der Waals surface area contributed by atoms with Crippen LogP contribution in [0.5, 0.6) is 0 Å². The molecule has 0 N–H and O–H groups in total. The molecule has 2 nitrogen and oxygen atoms in total. The van der Waals surface area contributed by atoms with Crippen molar-refractivity contribution in [3.8, 4) is 12.1 Å². The fraction of sp³-hybridized carbons (Fsp3) is 0.0588. The van der Waals surface area contributed by atoms with E-state index < -0.39 is 0 Å². The number of nitriles is 2. The predicted molar refractivity (Wildman–Crippen MR) is 75.6 cm³/mol. The molecule has 3 aromatic rings. The van der Waals surface area contributed by atoms with Crippen molar-refractivity contribution < 1.29 is 0 Å². The van der Waals surface area contributed by atoms with E-state index in [0.717, 1.165) is 27.1 Å². The Balaban J connectivity index is 2.71. The van der Waals surface area contributed by atoms with E-state index in [0.29, 0.717) is 11.1 Å². The van der Waals surface area contributed by atoms with E-state index in [-0.39, 0.29) is 0 Å². The van der Waals surface area contributed by atoms with Gasteiger partial charge in [0.2, 0.25) is 0 Å². The highest BCUT2D eigenvalue weighted by atomic mass is 14.3. The van der Waals surface area contributed by atoms with Gasteiger partial charge in [0, 0.05) is 21.5 Å². The maximum absolute atomic E-state index is 9.46. The van der Waals surface area contributed by atoms with Crippen LogP contribution in [-0.2, 0) is 0 Å². The molecule has 0 unspecified atom stereocenters. The summed E-state index contributed by atoms with van der Waals surface area (Å²) in [6, 6.07) is 18.0. The first-order chi connectivity index (χ1) is 9.26. The van der Waals surface area contributed by atoms with Crippen molar-refractivity contribution in [2.45, 2.75) is 6.92 Å². The first kappa shape index (κ1) is 11.3. The number of rotatable bonds is 0. The first-order valence-electron chi connectivity index (χ1n) is 6.01. The van der Waals surface area contributed by atoms with E-state index in [9.17, 15) is 10.5 Å². The molecule has 0 aliphatic rings. The van der Waals surface area contributed by atoms with E-state index in [1.165, 1.54) is 0 Å². The quantitative estimate of drug-likeness (QED) is 0.558. The highest BCUT2D eigenvalue weighted by Crippen LogP contribution is 2.32. The Labute approximate surface area is 111 Å². The largest absolute Gasteiger partial charge is 0.192 e. The van der Waals surface area contributed by atoms with Crippen LogP contribution in [0.2, 0.25) is 0 Å². The Morgan fingerprint density at radius 2 is 1.26 bits per heavy atom. The summed E-state index contributed by atoms with van der Waals surface area (Å²) < 4.78 is 0. The van der Waals surface area contributed by atoms with Crippen molar-refractivity contribution in [1.29, 1.82) is 10.5 Å². The highest BCUT2D eigenvalue weighted by Gasteiger charge is 2.12. The van der Waals surface area contributed by atoms with Crippen LogP contribution in [0.4, 0.5) is 0 Å².